The fraction of sp³-hybridized carbons (Fsp3) is 0.769. The van der Waals surface area contributed by atoms with Gasteiger partial charge in [0.05, 0.1) is 11.8 Å². The zero-order valence-corrected chi connectivity index (χ0v) is 11.1. The van der Waals surface area contributed by atoms with Gasteiger partial charge in [-0.15, -0.1) is 0 Å². The van der Waals surface area contributed by atoms with Crippen LogP contribution in [0.4, 0.5) is 0 Å². The quantitative estimate of drug-likeness (QED) is 0.858. The average molecular weight is 237 g/mol. The Morgan fingerprint density at radius 2 is 2.41 bits per heavy atom. The van der Waals surface area contributed by atoms with Crippen LogP contribution in [0.2, 0.25) is 0 Å². The van der Waals surface area contributed by atoms with Crippen molar-refractivity contribution in [3.63, 3.8) is 0 Å². The Kier molecular flexibility index (Phi) is 3.54. The second-order valence-corrected chi connectivity index (χ2v) is 5.11. The Morgan fingerprint density at radius 3 is 2.88 bits per heavy atom. The highest BCUT2D eigenvalue weighted by molar-refractivity contribution is 5.14. The molecule has 2 rings (SSSR count). The normalized spacial score (nSPS) is 28.8. The summed E-state index contributed by atoms with van der Waals surface area (Å²) in [6.07, 6.45) is 3.24. The summed E-state index contributed by atoms with van der Waals surface area (Å²) in [5.41, 5.74) is 8.50. The second kappa shape index (κ2) is 4.78. The molecule has 1 aliphatic heterocycles. The minimum atomic E-state index is 0.0960. The molecule has 0 bridgehead atoms. The minimum absolute atomic E-state index is 0.0960. The molecule has 2 N–H and O–H groups in total. The molecule has 2 unspecified atom stereocenters. The van der Waals surface area contributed by atoms with E-state index in [1.807, 2.05) is 11.7 Å². The van der Waals surface area contributed by atoms with Gasteiger partial charge < -0.3 is 10.5 Å². The van der Waals surface area contributed by atoms with Crippen molar-refractivity contribution in [2.24, 2.45) is 18.2 Å². The highest BCUT2D eigenvalue weighted by Crippen LogP contribution is 2.37. The van der Waals surface area contributed by atoms with E-state index in [9.17, 15) is 0 Å². The number of rotatable bonds is 4. The first kappa shape index (κ1) is 12.6. The van der Waals surface area contributed by atoms with Crippen molar-refractivity contribution in [2.45, 2.75) is 39.2 Å². The number of hydrogen-bond acceptors (Lipinski definition) is 3. The molecule has 0 spiro atoms. The van der Waals surface area contributed by atoms with Gasteiger partial charge in [-0.3, -0.25) is 4.68 Å². The molecule has 0 saturated carbocycles. The Morgan fingerprint density at radius 1 is 1.65 bits per heavy atom. The molecule has 1 aromatic rings. The van der Waals surface area contributed by atoms with Gasteiger partial charge in [0, 0.05) is 31.3 Å². The zero-order valence-electron chi connectivity index (χ0n) is 11.1. The highest BCUT2D eigenvalue weighted by atomic mass is 16.5. The van der Waals surface area contributed by atoms with E-state index in [0.717, 1.165) is 31.6 Å². The Labute approximate surface area is 103 Å². The van der Waals surface area contributed by atoms with Crippen LogP contribution >= 0.6 is 0 Å². The van der Waals surface area contributed by atoms with Gasteiger partial charge in [0.15, 0.2) is 0 Å². The standard InChI is InChI=1S/C13H23N3O/c1-4-11-7-12(16(3)15-11)8-13(9-14)5-6-17-10(13)2/h7,10H,4-6,8-9,14H2,1-3H3. The molecule has 0 amide bonds. The van der Waals surface area contributed by atoms with Crippen LogP contribution in [0.15, 0.2) is 6.07 Å². The van der Waals surface area contributed by atoms with Crippen molar-refractivity contribution in [1.29, 1.82) is 0 Å². The van der Waals surface area contributed by atoms with E-state index in [2.05, 4.69) is 25.0 Å². The van der Waals surface area contributed by atoms with Gasteiger partial charge in [-0.1, -0.05) is 6.92 Å². The van der Waals surface area contributed by atoms with E-state index < -0.39 is 0 Å². The maximum atomic E-state index is 5.99. The van der Waals surface area contributed by atoms with Crippen molar-refractivity contribution in [3.05, 3.63) is 17.5 Å². The molecule has 0 radical (unpaired) electrons. The summed E-state index contributed by atoms with van der Waals surface area (Å²) in [4.78, 5) is 0. The van der Waals surface area contributed by atoms with Gasteiger partial charge >= 0.3 is 0 Å². The fourth-order valence-corrected chi connectivity index (χ4v) is 2.66. The van der Waals surface area contributed by atoms with Gasteiger partial charge in [0.2, 0.25) is 0 Å². The maximum absolute atomic E-state index is 5.99. The van der Waals surface area contributed by atoms with Crippen molar-refractivity contribution in [3.8, 4) is 0 Å². The first-order valence-electron chi connectivity index (χ1n) is 6.45. The number of aryl methyl sites for hydroxylation is 2. The Balaban J connectivity index is 2.20. The third-order valence-corrected chi connectivity index (χ3v) is 4.16. The largest absolute Gasteiger partial charge is 0.378 e. The molecular formula is C13H23N3O. The van der Waals surface area contributed by atoms with Gasteiger partial charge in [0.1, 0.15) is 0 Å². The lowest BCUT2D eigenvalue weighted by Gasteiger charge is -2.30. The topological polar surface area (TPSA) is 53.1 Å². The Hall–Kier alpha value is -0.870. The van der Waals surface area contributed by atoms with Crippen LogP contribution in [-0.2, 0) is 24.6 Å². The summed E-state index contributed by atoms with van der Waals surface area (Å²) in [6, 6.07) is 2.20. The number of nitrogens with zero attached hydrogens (tertiary/aromatic N) is 2. The number of ether oxygens (including phenoxy) is 1. The van der Waals surface area contributed by atoms with Crippen LogP contribution in [0.1, 0.15) is 31.7 Å². The van der Waals surface area contributed by atoms with E-state index in [-0.39, 0.29) is 11.5 Å². The summed E-state index contributed by atoms with van der Waals surface area (Å²) in [7, 11) is 2.01. The smallest absolute Gasteiger partial charge is 0.0624 e. The van der Waals surface area contributed by atoms with Crippen LogP contribution in [0.25, 0.3) is 0 Å². The van der Waals surface area contributed by atoms with Gasteiger partial charge in [-0.25, -0.2) is 0 Å². The lowest BCUT2D eigenvalue weighted by Crippen LogP contribution is -2.39. The molecule has 0 aromatic carbocycles. The molecule has 2 atom stereocenters. The molecule has 1 aromatic heterocycles. The van der Waals surface area contributed by atoms with E-state index in [1.54, 1.807) is 0 Å². The van der Waals surface area contributed by atoms with Crippen LogP contribution in [0.5, 0.6) is 0 Å². The lowest BCUT2D eigenvalue weighted by molar-refractivity contribution is 0.0665. The highest BCUT2D eigenvalue weighted by Gasteiger charge is 2.41. The molecule has 96 valence electrons. The van der Waals surface area contributed by atoms with E-state index >= 15 is 0 Å². The number of aromatic nitrogens is 2. The van der Waals surface area contributed by atoms with Crippen molar-refractivity contribution in [1.82, 2.24) is 9.78 Å². The van der Waals surface area contributed by atoms with E-state index in [4.69, 9.17) is 10.5 Å². The number of nitrogens with two attached hydrogens (primary N) is 1. The first-order valence-corrected chi connectivity index (χ1v) is 6.45. The fourth-order valence-electron chi connectivity index (χ4n) is 2.66. The van der Waals surface area contributed by atoms with Crippen LogP contribution < -0.4 is 5.73 Å². The summed E-state index contributed by atoms with van der Waals surface area (Å²) < 4.78 is 7.68. The molecule has 1 fully saturated rings. The summed E-state index contributed by atoms with van der Waals surface area (Å²) in [6.45, 7) is 5.78. The maximum Gasteiger partial charge on any atom is 0.0624 e. The van der Waals surface area contributed by atoms with Crippen molar-refractivity contribution in [2.75, 3.05) is 13.2 Å². The minimum Gasteiger partial charge on any atom is -0.378 e. The molecule has 0 aliphatic carbocycles. The molecule has 2 heterocycles. The lowest BCUT2D eigenvalue weighted by atomic mass is 9.77. The van der Waals surface area contributed by atoms with Crippen LogP contribution in [-0.4, -0.2) is 29.0 Å². The summed E-state index contributed by atoms with van der Waals surface area (Å²) in [5.74, 6) is 0. The third-order valence-electron chi connectivity index (χ3n) is 4.16. The average Bonchev–Trinajstić information content (AvgIpc) is 2.85. The van der Waals surface area contributed by atoms with Crippen LogP contribution in [0, 0.1) is 5.41 Å². The van der Waals surface area contributed by atoms with Gasteiger partial charge in [-0.2, -0.15) is 5.10 Å². The summed E-state index contributed by atoms with van der Waals surface area (Å²) in [5, 5.41) is 4.50. The molecule has 17 heavy (non-hydrogen) atoms. The van der Waals surface area contributed by atoms with E-state index in [0.29, 0.717) is 6.54 Å². The second-order valence-electron chi connectivity index (χ2n) is 5.11. The van der Waals surface area contributed by atoms with Crippen molar-refractivity contribution < 1.29 is 4.74 Å². The van der Waals surface area contributed by atoms with E-state index in [1.165, 1.54) is 5.69 Å². The van der Waals surface area contributed by atoms with Gasteiger partial charge in [0.25, 0.3) is 0 Å². The molecule has 4 nitrogen and oxygen atoms in total. The monoisotopic (exact) mass is 237 g/mol. The first-order chi connectivity index (χ1) is 8.11. The number of hydrogen-bond donors (Lipinski definition) is 1. The zero-order chi connectivity index (χ0) is 12.5. The summed E-state index contributed by atoms with van der Waals surface area (Å²) >= 11 is 0. The van der Waals surface area contributed by atoms with Gasteiger partial charge in [-0.05, 0) is 32.3 Å². The Bertz CT molecular complexity index is 388. The van der Waals surface area contributed by atoms with Crippen molar-refractivity contribution >= 4 is 0 Å². The predicted octanol–water partition coefficient (Wildman–Crippen LogP) is 1.28. The molecule has 1 saturated heterocycles. The molecule has 4 heteroatoms. The van der Waals surface area contributed by atoms with Crippen LogP contribution in [0.3, 0.4) is 0 Å². The molecule has 1 aliphatic rings. The molecular weight excluding hydrogens is 214 g/mol. The third kappa shape index (κ3) is 2.24. The predicted molar refractivity (Wildman–Crippen MR) is 67.8 cm³/mol. The SMILES string of the molecule is CCc1cc(CC2(CN)CCOC2C)n(C)n1.